The van der Waals surface area contributed by atoms with Gasteiger partial charge in [0.15, 0.2) is 0 Å². The summed E-state index contributed by atoms with van der Waals surface area (Å²) < 4.78 is 0. The van der Waals surface area contributed by atoms with Gasteiger partial charge in [0.25, 0.3) is 0 Å². The molecule has 0 saturated carbocycles. The van der Waals surface area contributed by atoms with Crippen LogP contribution in [0.2, 0.25) is 10.4 Å². The van der Waals surface area contributed by atoms with Crippen LogP contribution < -0.4 is 0 Å². The van der Waals surface area contributed by atoms with Gasteiger partial charge in [0.2, 0.25) is 5.28 Å². The highest BCUT2D eigenvalue weighted by Gasteiger charge is 2.14. The Hall–Kier alpha value is -0.380. The Morgan fingerprint density at radius 3 is 2.64 bits per heavy atom. The highest BCUT2D eigenvalue weighted by Crippen LogP contribution is 2.18. The molecule has 0 amide bonds. The minimum atomic E-state index is 0.208. The zero-order valence-corrected chi connectivity index (χ0v) is 9.22. The van der Waals surface area contributed by atoms with E-state index in [2.05, 4.69) is 14.9 Å². The Morgan fingerprint density at radius 1 is 1.29 bits per heavy atom. The predicted molar refractivity (Wildman–Crippen MR) is 56.6 cm³/mol. The minimum absolute atomic E-state index is 0.208. The number of hydrogen-bond donors (Lipinski definition) is 0. The van der Waals surface area contributed by atoms with E-state index in [-0.39, 0.29) is 5.28 Å². The SMILES string of the molecule is Clc1ncc(CN2CCCC2)c(Cl)n1. The van der Waals surface area contributed by atoms with Crippen molar-refractivity contribution in [2.75, 3.05) is 13.1 Å². The van der Waals surface area contributed by atoms with Crippen LogP contribution in [0, 0.1) is 0 Å². The van der Waals surface area contributed by atoms with Gasteiger partial charge in [0, 0.05) is 18.3 Å². The number of likely N-dealkylation sites (tertiary alicyclic amines) is 1. The van der Waals surface area contributed by atoms with Gasteiger partial charge in [0.05, 0.1) is 0 Å². The minimum Gasteiger partial charge on any atom is -0.299 e. The summed E-state index contributed by atoms with van der Waals surface area (Å²) in [5, 5.41) is 0.678. The van der Waals surface area contributed by atoms with Gasteiger partial charge in [-0.05, 0) is 37.5 Å². The van der Waals surface area contributed by atoms with E-state index >= 15 is 0 Å². The number of halogens is 2. The van der Waals surface area contributed by atoms with Crippen molar-refractivity contribution < 1.29 is 0 Å². The maximum atomic E-state index is 5.95. The summed E-state index contributed by atoms with van der Waals surface area (Å²) in [6.07, 6.45) is 4.24. The highest BCUT2D eigenvalue weighted by molar-refractivity contribution is 6.32. The zero-order valence-electron chi connectivity index (χ0n) is 7.71. The van der Waals surface area contributed by atoms with Crippen LogP contribution >= 0.6 is 23.2 Å². The molecule has 0 aliphatic carbocycles. The van der Waals surface area contributed by atoms with Crippen LogP contribution in [0.15, 0.2) is 6.20 Å². The first-order valence-electron chi connectivity index (χ1n) is 4.65. The van der Waals surface area contributed by atoms with Gasteiger partial charge in [-0.3, -0.25) is 4.90 Å². The summed E-state index contributed by atoms with van der Waals surface area (Å²) in [5.74, 6) is 0. The molecule has 0 aromatic carbocycles. The van der Waals surface area contributed by atoms with Crippen molar-refractivity contribution in [1.82, 2.24) is 14.9 Å². The van der Waals surface area contributed by atoms with Gasteiger partial charge < -0.3 is 0 Å². The lowest BCUT2D eigenvalue weighted by Crippen LogP contribution is -2.18. The van der Waals surface area contributed by atoms with Crippen molar-refractivity contribution in [3.63, 3.8) is 0 Å². The smallest absolute Gasteiger partial charge is 0.223 e. The molecule has 0 radical (unpaired) electrons. The van der Waals surface area contributed by atoms with Crippen molar-refractivity contribution in [1.29, 1.82) is 0 Å². The molecule has 5 heteroatoms. The Morgan fingerprint density at radius 2 is 2.00 bits per heavy atom. The van der Waals surface area contributed by atoms with Crippen molar-refractivity contribution in [3.8, 4) is 0 Å². The summed E-state index contributed by atoms with van der Waals surface area (Å²) in [5.41, 5.74) is 0.956. The quantitative estimate of drug-likeness (QED) is 0.579. The summed E-state index contributed by atoms with van der Waals surface area (Å²) in [6, 6.07) is 0. The molecule has 1 aliphatic rings. The van der Waals surface area contributed by atoms with E-state index in [4.69, 9.17) is 23.2 Å². The average Bonchev–Trinajstić information content (AvgIpc) is 2.62. The molecule has 1 aromatic rings. The third-order valence-electron chi connectivity index (χ3n) is 2.37. The van der Waals surface area contributed by atoms with Crippen LogP contribution in [0.1, 0.15) is 18.4 Å². The van der Waals surface area contributed by atoms with Gasteiger partial charge in [-0.2, -0.15) is 0 Å². The normalized spacial score (nSPS) is 17.6. The maximum Gasteiger partial charge on any atom is 0.223 e. The van der Waals surface area contributed by atoms with Gasteiger partial charge in [-0.15, -0.1) is 0 Å². The van der Waals surface area contributed by atoms with E-state index in [0.717, 1.165) is 25.2 Å². The van der Waals surface area contributed by atoms with Gasteiger partial charge >= 0.3 is 0 Å². The van der Waals surface area contributed by atoms with Crippen molar-refractivity contribution in [2.45, 2.75) is 19.4 Å². The van der Waals surface area contributed by atoms with Crippen LogP contribution in [0.4, 0.5) is 0 Å². The highest BCUT2D eigenvalue weighted by atomic mass is 35.5. The first-order chi connectivity index (χ1) is 6.75. The fraction of sp³-hybridized carbons (Fsp3) is 0.556. The molecule has 0 atom stereocenters. The third kappa shape index (κ3) is 2.35. The molecule has 2 rings (SSSR count). The maximum absolute atomic E-state index is 5.95. The Bertz CT molecular complexity index is 324. The summed E-state index contributed by atoms with van der Waals surface area (Å²) in [6.45, 7) is 3.11. The van der Waals surface area contributed by atoms with Crippen LogP contribution in [0.5, 0.6) is 0 Å². The number of nitrogens with zero attached hydrogens (tertiary/aromatic N) is 3. The Kier molecular flexibility index (Phi) is 3.21. The van der Waals surface area contributed by atoms with E-state index in [1.54, 1.807) is 6.20 Å². The molecule has 1 aromatic heterocycles. The number of aromatic nitrogens is 2. The largest absolute Gasteiger partial charge is 0.299 e. The average molecular weight is 232 g/mol. The molecule has 0 spiro atoms. The second-order valence-corrected chi connectivity index (χ2v) is 4.13. The fourth-order valence-electron chi connectivity index (χ4n) is 1.65. The van der Waals surface area contributed by atoms with Crippen molar-refractivity contribution in [3.05, 3.63) is 22.2 Å². The second kappa shape index (κ2) is 4.43. The van der Waals surface area contributed by atoms with Crippen LogP contribution in [-0.4, -0.2) is 28.0 Å². The molecule has 0 bridgehead atoms. The lowest BCUT2D eigenvalue weighted by Gasteiger charge is -2.14. The summed E-state index contributed by atoms with van der Waals surface area (Å²) >= 11 is 11.6. The van der Waals surface area contributed by atoms with E-state index in [1.807, 2.05) is 0 Å². The zero-order chi connectivity index (χ0) is 9.97. The molecule has 76 valence electrons. The van der Waals surface area contributed by atoms with E-state index in [1.165, 1.54) is 12.8 Å². The fourth-order valence-corrected chi connectivity index (χ4v) is 2.02. The van der Waals surface area contributed by atoms with Crippen LogP contribution in [0.25, 0.3) is 0 Å². The molecule has 1 fully saturated rings. The van der Waals surface area contributed by atoms with Crippen molar-refractivity contribution in [2.24, 2.45) is 0 Å². The molecule has 0 unspecified atom stereocenters. The summed E-state index contributed by atoms with van der Waals surface area (Å²) in [4.78, 5) is 10.2. The molecule has 1 aliphatic heterocycles. The third-order valence-corrected chi connectivity index (χ3v) is 2.88. The molecular formula is C9H11Cl2N3. The standard InChI is InChI=1S/C9H11Cl2N3/c10-8-7(5-12-9(11)13-8)6-14-3-1-2-4-14/h5H,1-4,6H2. The molecule has 14 heavy (non-hydrogen) atoms. The molecular weight excluding hydrogens is 221 g/mol. The molecule has 0 N–H and O–H groups in total. The van der Waals surface area contributed by atoms with Gasteiger partial charge in [-0.1, -0.05) is 11.6 Å². The van der Waals surface area contributed by atoms with Crippen molar-refractivity contribution >= 4 is 23.2 Å². The Labute approximate surface area is 93.1 Å². The summed E-state index contributed by atoms with van der Waals surface area (Å²) in [7, 11) is 0. The molecule has 2 heterocycles. The van der Waals surface area contributed by atoms with E-state index in [0.29, 0.717) is 5.15 Å². The lowest BCUT2D eigenvalue weighted by molar-refractivity contribution is 0.330. The number of rotatable bonds is 2. The molecule has 1 saturated heterocycles. The van der Waals surface area contributed by atoms with Crippen LogP contribution in [0.3, 0.4) is 0 Å². The Balaban J connectivity index is 2.08. The van der Waals surface area contributed by atoms with Gasteiger partial charge in [0.1, 0.15) is 5.15 Å². The first-order valence-corrected chi connectivity index (χ1v) is 5.40. The van der Waals surface area contributed by atoms with Crippen LogP contribution in [-0.2, 0) is 6.54 Å². The lowest BCUT2D eigenvalue weighted by atomic mass is 10.3. The number of hydrogen-bond acceptors (Lipinski definition) is 3. The van der Waals surface area contributed by atoms with Gasteiger partial charge in [-0.25, -0.2) is 9.97 Å². The second-order valence-electron chi connectivity index (χ2n) is 3.44. The van der Waals surface area contributed by atoms with E-state index in [9.17, 15) is 0 Å². The monoisotopic (exact) mass is 231 g/mol. The molecule has 3 nitrogen and oxygen atoms in total. The first kappa shape index (κ1) is 10.1. The van der Waals surface area contributed by atoms with E-state index < -0.39 is 0 Å². The predicted octanol–water partition coefficient (Wildman–Crippen LogP) is 2.38. The topological polar surface area (TPSA) is 29.0 Å².